The number of benzene rings is 1. The van der Waals surface area contributed by atoms with Crippen molar-refractivity contribution in [2.75, 3.05) is 0 Å². The molecule has 2 heterocycles. The smallest absolute Gasteiger partial charge is 0.186 e. The van der Waals surface area contributed by atoms with E-state index in [-0.39, 0.29) is 5.78 Å². The Kier molecular flexibility index (Phi) is 1.79. The van der Waals surface area contributed by atoms with Gasteiger partial charge in [-0.05, 0) is 18.2 Å². The van der Waals surface area contributed by atoms with Gasteiger partial charge in [0.05, 0.1) is 5.52 Å². The minimum absolute atomic E-state index is 0.119. The Balaban J connectivity index is 2.46. The van der Waals surface area contributed by atoms with Crippen LogP contribution in [0.15, 0.2) is 33.8 Å². The first-order chi connectivity index (χ1) is 7.27. The molecule has 1 aromatic carbocycles. The zero-order valence-corrected chi connectivity index (χ0v) is 9.36. The van der Waals surface area contributed by atoms with Crippen LogP contribution < -0.4 is 0 Å². The zero-order valence-electron chi connectivity index (χ0n) is 7.77. The van der Waals surface area contributed by atoms with E-state index in [4.69, 9.17) is 0 Å². The average Bonchev–Trinajstić information content (AvgIpc) is 2.60. The van der Waals surface area contributed by atoms with E-state index in [1.807, 2.05) is 24.3 Å². The third-order valence-corrected chi connectivity index (χ3v) is 3.22. The molecule has 0 atom stereocenters. The third kappa shape index (κ3) is 1.18. The van der Waals surface area contributed by atoms with Crippen molar-refractivity contribution in [3.8, 4) is 0 Å². The molecule has 0 fully saturated rings. The third-order valence-electron chi connectivity index (χ3n) is 2.53. The summed E-state index contributed by atoms with van der Waals surface area (Å²) in [5.74, 6) is 0.119. The standard InChI is InChI=1S/C11H7BrN2O/c12-8-2-1-3-9-7(8)6-10-11(15)4-5-13-14(9)10/h1-3,5-6H,4H2. The number of carbonyl (C=O) groups excluding carboxylic acids is 1. The van der Waals surface area contributed by atoms with Gasteiger partial charge in [0.15, 0.2) is 5.78 Å². The van der Waals surface area contributed by atoms with Crippen LogP contribution in [0, 0.1) is 0 Å². The number of aromatic nitrogens is 1. The molecule has 1 aliphatic rings. The van der Waals surface area contributed by atoms with Crippen LogP contribution in [-0.2, 0) is 0 Å². The van der Waals surface area contributed by atoms with Crippen molar-refractivity contribution in [2.24, 2.45) is 5.10 Å². The first-order valence-electron chi connectivity index (χ1n) is 4.63. The number of fused-ring (bicyclic) bond motifs is 3. The molecule has 0 saturated carbocycles. The fraction of sp³-hybridized carbons (Fsp3) is 0.0909. The van der Waals surface area contributed by atoms with Crippen LogP contribution in [0.3, 0.4) is 0 Å². The van der Waals surface area contributed by atoms with Gasteiger partial charge < -0.3 is 0 Å². The van der Waals surface area contributed by atoms with Gasteiger partial charge in [0.1, 0.15) is 5.69 Å². The summed E-state index contributed by atoms with van der Waals surface area (Å²) in [5, 5.41) is 5.25. The lowest BCUT2D eigenvalue weighted by Gasteiger charge is -2.06. The molecular weight excluding hydrogens is 256 g/mol. The molecule has 3 nitrogen and oxygen atoms in total. The van der Waals surface area contributed by atoms with Crippen molar-refractivity contribution in [1.29, 1.82) is 0 Å². The van der Waals surface area contributed by atoms with Crippen LogP contribution >= 0.6 is 15.9 Å². The Hall–Kier alpha value is -1.42. The number of carbonyl (C=O) groups is 1. The number of rotatable bonds is 0. The van der Waals surface area contributed by atoms with Gasteiger partial charge in [0.2, 0.25) is 0 Å². The van der Waals surface area contributed by atoms with Crippen LogP contribution in [0.1, 0.15) is 16.9 Å². The topological polar surface area (TPSA) is 34.4 Å². The monoisotopic (exact) mass is 262 g/mol. The van der Waals surface area contributed by atoms with E-state index in [2.05, 4.69) is 21.0 Å². The molecule has 0 bridgehead atoms. The quantitative estimate of drug-likeness (QED) is 0.719. The van der Waals surface area contributed by atoms with Gasteiger partial charge in [0, 0.05) is 22.5 Å². The highest BCUT2D eigenvalue weighted by Gasteiger charge is 2.18. The molecule has 15 heavy (non-hydrogen) atoms. The number of halogens is 1. The molecule has 0 aliphatic carbocycles. The van der Waals surface area contributed by atoms with Crippen LogP contribution in [-0.4, -0.2) is 16.7 Å². The SMILES string of the molecule is O=C1CC=Nn2c1cc1c(Br)cccc12. The van der Waals surface area contributed by atoms with Crippen LogP contribution in [0.5, 0.6) is 0 Å². The fourth-order valence-electron chi connectivity index (χ4n) is 1.81. The zero-order chi connectivity index (χ0) is 10.4. The van der Waals surface area contributed by atoms with Crippen molar-refractivity contribution in [3.05, 3.63) is 34.4 Å². The van der Waals surface area contributed by atoms with Gasteiger partial charge in [0.25, 0.3) is 0 Å². The molecule has 0 amide bonds. The number of hydrogen-bond donors (Lipinski definition) is 0. The molecule has 74 valence electrons. The first-order valence-corrected chi connectivity index (χ1v) is 5.42. The van der Waals surface area contributed by atoms with Gasteiger partial charge in [-0.1, -0.05) is 22.0 Å². The second-order valence-electron chi connectivity index (χ2n) is 3.44. The predicted octanol–water partition coefficient (Wildman–Crippen LogP) is 2.82. The lowest BCUT2D eigenvalue weighted by molar-refractivity contribution is 0.0990. The molecule has 0 unspecified atom stereocenters. The van der Waals surface area contributed by atoms with Crippen molar-refractivity contribution in [1.82, 2.24) is 4.68 Å². The number of hydrogen-bond acceptors (Lipinski definition) is 2. The summed E-state index contributed by atoms with van der Waals surface area (Å²) in [6.45, 7) is 0. The van der Waals surface area contributed by atoms with Gasteiger partial charge >= 0.3 is 0 Å². The van der Waals surface area contributed by atoms with Gasteiger partial charge in [-0.15, -0.1) is 0 Å². The highest BCUT2D eigenvalue weighted by atomic mass is 79.9. The van der Waals surface area contributed by atoms with E-state index in [0.717, 1.165) is 15.4 Å². The Labute approximate surface area is 94.5 Å². The summed E-state index contributed by atoms with van der Waals surface area (Å²) in [5.41, 5.74) is 1.63. The Morgan fingerprint density at radius 2 is 2.27 bits per heavy atom. The minimum Gasteiger partial charge on any atom is -0.292 e. The fourth-order valence-corrected chi connectivity index (χ4v) is 2.28. The number of nitrogens with zero attached hydrogens (tertiary/aromatic N) is 2. The van der Waals surface area contributed by atoms with E-state index >= 15 is 0 Å². The van der Waals surface area contributed by atoms with E-state index in [0.29, 0.717) is 12.1 Å². The summed E-state index contributed by atoms with van der Waals surface area (Å²) >= 11 is 3.47. The number of ketones is 1. The molecular formula is C11H7BrN2O. The van der Waals surface area contributed by atoms with Crippen LogP contribution in [0.25, 0.3) is 10.9 Å². The summed E-state index contributed by atoms with van der Waals surface area (Å²) in [6.07, 6.45) is 2.05. The maximum atomic E-state index is 11.6. The molecule has 0 N–H and O–H groups in total. The predicted molar refractivity (Wildman–Crippen MR) is 62.5 cm³/mol. The maximum absolute atomic E-state index is 11.6. The normalized spacial score (nSPS) is 14.6. The summed E-state index contributed by atoms with van der Waals surface area (Å²) in [6, 6.07) is 7.74. The average molecular weight is 263 g/mol. The van der Waals surface area contributed by atoms with Crippen LogP contribution in [0.4, 0.5) is 0 Å². The Morgan fingerprint density at radius 3 is 3.13 bits per heavy atom. The van der Waals surface area contributed by atoms with E-state index in [9.17, 15) is 4.79 Å². The van der Waals surface area contributed by atoms with Gasteiger partial charge in [-0.25, -0.2) is 4.68 Å². The molecule has 1 aromatic heterocycles. The molecule has 0 spiro atoms. The Bertz CT molecular complexity index is 598. The molecule has 0 radical (unpaired) electrons. The first kappa shape index (κ1) is 8.85. The van der Waals surface area contributed by atoms with Crippen molar-refractivity contribution in [2.45, 2.75) is 6.42 Å². The lowest BCUT2D eigenvalue weighted by Crippen LogP contribution is -2.11. The summed E-state index contributed by atoms with van der Waals surface area (Å²) in [7, 11) is 0. The second kappa shape index (κ2) is 3.03. The Morgan fingerprint density at radius 1 is 1.40 bits per heavy atom. The largest absolute Gasteiger partial charge is 0.292 e. The van der Waals surface area contributed by atoms with E-state index < -0.39 is 0 Å². The lowest BCUT2D eigenvalue weighted by atomic mass is 10.2. The minimum atomic E-state index is 0.119. The van der Waals surface area contributed by atoms with Crippen molar-refractivity contribution in [3.63, 3.8) is 0 Å². The number of Topliss-reactive ketones (excluding diaryl/α,β-unsaturated/α-hetero) is 1. The highest BCUT2D eigenvalue weighted by Crippen LogP contribution is 2.28. The maximum Gasteiger partial charge on any atom is 0.186 e. The highest BCUT2D eigenvalue weighted by molar-refractivity contribution is 9.10. The van der Waals surface area contributed by atoms with Gasteiger partial charge in [-0.3, -0.25) is 4.79 Å². The molecule has 3 rings (SSSR count). The van der Waals surface area contributed by atoms with Crippen LogP contribution in [0.2, 0.25) is 0 Å². The molecule has 2 aromatic rings. The van der Waals surface area contributed by atoms with E-state index in [1.165, 1.54) is 0 Å². The molecule has 0 saturated heterocycles. The van der Waals surface area contributed by atoms with Crippen molar-refractivity contribution < 1.29 is 4.79 Å². The molecule has 4 heteroatoms. The molecule has 1 aliphatic heterocycles. The van der Waals surface area contributed by atoms with Gasteiger partial charge in [-0.2, -0.15) is 5.10 Å². The van der Waals surface area contributed by atoms with E-state index in [1.54, 1.807) is 10.9 Å². The summed E-state index contributed by atoms with van der Waals surface area (Å²) < 4.78 is 2.69. The second-order valence-corrected chi connectivity index (χ2v) is 4.29. The van der Waals surface area contributed by atoms with Crippen molar-refractivity contribution >= 4 is 38.8 Å². The summed E-state index contributed by atoms with van der Waals surface area (Å²) in [4.78, 5) is 11.6.